The van der Waals surface area contributed by atoms with Gasteiger partial charge in [0.15, 0.2) is 0 Å². The van der Waals surface area contributed by atoms with Crippen LogP contribution in [-0.4, -0.2) is 16.2 Å². The molecule has 22 heavy (non-hydrogen) atoms. The van der Waals surface area contributed by atoms with Gasteiger partial charge in [-0.3, -0.25) is 0 Å². The molecule has 0 radical (unpaired) electrons. The standard InChI is InChI=1S/C18H21N3O/c1-13(2)18-20-15-8-4-5-9-16(15)21(18)11-12-22-17-10-6-3-7-14(17)19/h3-10,13H,11-12,19H2,1-2H3. The molecule has 0 aliphatic heterocycles. The van der Waals surface area contributed by atoms with Gasteiger partial charge in [-0.25, -0.2) is 4.98 Å². The molecule has 0 amide bonds. The fourth-order valence-electron chi connectivity index (χ4n) is 2.63. The Morgan fingerprint density at radius 3 is 2.59 bits per heavy atom. The molecular weight excluding hydrogens is 274 g/mol. The van der Waals surface area contributed by atoms with Crippen LogP contribution in [0.3, 0.4) is 0 Å². The van der Waals surface area contributed by atoms with Crippen LogP contribution in [0.4, 0.5) is 5.69 Å². The Morgan fingerprint density at radius 1 is 1.09 bits per heavy atom. The van der Waals surface area contributed by atoms with Gasteiger partial charge in [-0.2, -0.15) is 0 Å². The molecule has 4 nitrogen and oxygen atoms in total. The number of para-hydroxylation sites is 4. The zero-order chi connectivity index (χ0) is 15.5. The van der Waals surface area contributed by atoms with Gasteiger partial charge in [0.05, 0.1) is 23.3 Å². The first kappa shape index (κ1) is 14.4. The Kier molecular flexibility index (Phi) is 4.00. The molecule has 0 unspecified atom stereocenters. The summed E-state index contributed by atoms with van der Waals surface area (Å²) < 4.78 is 8.06. The number of fused-ring (bicyclic) bond motifs is 1. The highest BCUT2D eigenvalue weighted by molar-refractivity contribution is 5.76. The Morgan fingerprint density at radius 2 is 1.82 bits per heavy atom. The third-order valence-electron chi connectivity index (χ3n) is 3.69. The minimum Gasteiger partial charge on any atom is -0.490 e. The summed E-state index contributed by atoms with van der Waals surface area (Å²) in [5, 5.41) is 0. The normalized spacial score (nSPS) is 11.2. The molecule has 0 saturated heterocycles. The number of nitrogens with zero attached hydrogens (tertiary/aromatic N) is 2. The molecule has 2 N–H and O–H groups in total. The van der Waals surface area contributed by atoms with E-state index in [0.717, 1.165) is 29.2 Å². The lowest BCUT2D eigenvalue weighted by Gasteiger charge is -2.13. The van der Waals surface area contributed by atoms with E-state index in [1.807, 2.05) is 42.5 Å². The van der Waals surface area contributed by atoms with Crippen LogP contribution in [0.1, 0.15) is 25.6 Å². The van der Waals surface area contributed by atoms with Crippen molar-refractivity contribution in [3.63, 3.8) is 0 Å². The fourth-order valence-corrected chi connectivity index (χ4v) is 2.63. The second-order valence-electron chi connectivity index (χ2n) is 5.65. The first-order valence-electron chi connectivity index (χ1n) is 7.59. The van der Waals surface area contributed by atoms with Crippen LogP contribution in [0.5, 0.6) is 5.75 Å². The van der Waals surface area contributed by atoms with Gasteiger partial charge in [-0.05, 0) is 24.3 Å². The first-order valence-corrected chi connectivity index (χ1v) is 7.59. The molecule has 4 heteroatoms. The van der Waals surface area contributed by atoms with E-state index in [1.54, 1.807) is 0 Å². The highest BCUT2D eigenvalue weighted by atomic mass is 16.5. The second-order valence-corrected chi connectivity index (χ2v) is 5.65. The summed E-state index contributed by atoms with van der Waals surface area (Å²) in [6, 6.07) is 15.8. The molecule has 3 rings (SSSR count). The molecule has 0 bridgehead atoms. The van der Waals surface area contributed by atoms with Crippen molar-refractivity contribution in [1.29, 1.82) is 0 Å². The van der Waals surface area contributed by atoms with Crippen LogP contribution in [0.15, 0.2) is 48.5 Å². The molecule has 2 aromatic carbocycles. The molecular formula is C18H21N3O. The molecule has 0 aliphatic rings. The number of benzene rings is 2. The molecule has 1 aromatic heterocycles. The van der Waals surface area contributed by atoms with Crippen molar-refractivity contribution in [3.8, 4) is 5.75 Å². The van der Waals surface area contributed by atoms with Crippen LogP contribution in [0.2, 0.25) is 0 Å². The largest absolute Gasteiger partial charge is 0.490 e. The van der Waals surface area contributed by atoms with E-state index in [4.69, 9.17) is 15.5 Å². The molecule has 0 aliphatic carbocycles. The summed E-state index contributed by atoms with van der Waals surface area (Å²) in [6.07, 6.45) is 0. The summed E-state index contributed by atoms with van der Waals surface area (Å²) in [4.78, 5) is 4.74. The van der Waals surface area contributed by atoms with Crippen LogP contribution in [-0.2, 0) is 6.54 Å². The minimum atomic E-state index is 0.370. The van der Waals surface area contributed by atoms with Gasteiger partial charge in [-0.15, -0.1) is 0 Å². The summed E-state index contributed by atoms with van der Waals surface area (Å²) in [6.45, 7) is 5.64. The van der Waals surface area contributed by atoms with E-state index in [2.05, 4.69) is 24.5 Å². The van der Waals surface area contributed by atoms with Crippen LogP contribution >= 0.6 is 0 Å². The summed E-state index contributed by atoms with van der Waals surface area (Å²) >= 11 is 0. The van der Waals surface area contributed by atoms with Gasteiger partial charge < -0.3 is 15.0 Å². The second kappa shape index (κ2) is 6.10. The van der Waals surface area contributed by atoms with Gasteiger partial charge in [0.1, 0.15) is 18.2 Å². The number of nitrogen functional groups attached to an aromatic ring is 1. The molecule has 0 fully saturated rings. The zero-order valence-electron chi connectivity index (χ0n) is 13.0. The quantitative estimate of drug-likeness (QED) is 0.728. The Labute approximate surface area is 130 Å². The van der Waals surface area contributed by atoms with E-state index in [0.29, 0.717) is 18.2 Å². The third-order valence-corrected chi connectivity index (χ3v) is 3.69. The van der Waals surface area contributed by atoms with Crippen molar-refractivity contribution in [2.45, 2.75) is 26.3 Å². The Balaban J connectivity index is 1.81. The maximum absolute atomic E-state index is 5.90. The van der Waals surface area contributed by atoms with Crippen LogP contribution < -0.4 is 10.5 Å². The predicted octanol–water partition coefficient (Wildman–Crippen LogP) is 3.82. The van der Waals surface area contributed by atoms with Crippen LogP contribution in [0.25, 0.3) is 11.0 Å². The lowest BCUT2D eigenvalue weighted by molar-refractivity contribution is 0.299. The molecule has 0 atom stereocenters. The van der Waals surface area contributed by atoms with E-state index in [9.17, 15) is 0 Å². The van der Waals surface area contributed by atoms with Gasteiger partial charge in [0, 0.05) is 5.92 Å². The Hall–Kier alpha value is -2.49. The van der Waals surface area contributed by atoms with E-state index in [-0.39, 0.29) is 0 Å². The van der Waals surface area contributed by atoms with Gasteiger partial charge in [0.25, 0.3) is 0 Å². The van der Waals surface area contributed by atoms with Crippen molar-refractivity contribution >= 4 is 16.7 Å². The first-order chi connectivity index (χ1) is 10.7. The van der Waals surface area contributed by atoms with Crippen molar-refractivity contribution in [1.82, 2.24) is 9.55 Å². The summed E-state index contributed by atoms with van der Waals surface area (Å²) in [5.74, 6) is 2.19. The van der Waals surface area contributed by atoms with Crippen molar-refractivity contribution in [2.75, 3.05) is 12.3 Å². The van der Waals surface area contributed by atoms with E-state index >= 15 is 0 Å². The maximum Gasteiger partial charge on any atom is 0.142 e. The number of anilines is 1. The van der Waals surface area contributed by atoms with Gasteiger partial charge >= 0.3 is 0 Å². The number of ether oxygens (including phenoxy) is 1. The van der Waals surface area contributed by atoms with E-state index in [1.165, 1.54) is 0 Å². The third kappa shape index (κ3) is 2.77. The van der Waals surface area contributed by atoms with Crippen LogP contribution in [0, 0.1) is 0 Å². The molecule has 0 spiro atoms. The average molecular weight is 295 g/mol. The van der Waals surface area contributed by atoms with Crippen molar-refractivity contribution in [3.05, 3.63) is 54.4 Å². The monoisotopic (exact) mass is 295 g/mol. The molecule has 114 valence electrons. The van der Waals surface area contributed by atoms with Gasteiger partial charge in [-0.1, -0.05) is 38.1 Å². The molecule has 3 aromatic rings. The number of rotatable bonds is 5. The highest BCUT2D eigenvalue weighted by Crippen LogP contribution is 2.23. The predicted molar refractivity (Wildman–Crippen MR) is 90.2 cm³/mol. The molecule has 1 heterocycles. The number of nitrogens with two attached hydrogens (primary N) is 1. The fraction of sp³-hybridized carbons (Fsp3) is 0.278. The summed E-state index contributed by atoms with van der Waals surface area (Å²) in [5.41, 5.74) is 8.75. The topological polar surface area (TPSA) is 53.1 Å². The summed E-state index contributed by atoms with van der Waals surface area (Å²) in [7, 11) is 0. The van der Waals surface area contributed by atoms with Crippen molar-refractivity contribution < 1.29 is 4.74 Å². The van der Waals surface area contributed by atoms with E-state index < -0.39 is 0 Å². The van der Waals surface area contributed by atoms with Gasteiger partial charge in [0.2, 0.25) is 0 Å². The lowest BCUT2D eigenvalue weighted by atomic mass is 10.2. The highest BCUT2D eigenvalue weighted by Gasteiger charge is 2.13. The molecule has 0 saturated carbocycles. The zero-order valence-corrected chi connectivity index (χ0v) is 13.0. The average Bonchev–Trinajstić information content (AvgIpc) is 2.88. The number of imidazole rings is 1. The smallest absolute Gasteiger partial charge is 0.142 e. The number of hydrogen-bond acceptors (Lipinski definition) is 3. The number of hydrogen-bond donors (Lipinski definition) is 1. The minimum absolute atomic E-state index is 0.370. The van der Waals surface area contributed by atoms with Crippen molar-refractivity contribution in [2.24, 2.45) is 0 Å². The number of aromatic nitrogens is 2. The SMILES string of the molecule is CC(C)c1nc2ccccc2n1CCOc1ccccc1N. The maximum atomic E-state index is 5.90. The Bertz CT molecular complexity index is 777. The lowest BCUT2D eigenvalue weighted by Crippen LogP contribution is -2.12.